The summed E-state index contributed by atoms with van der Waals surface area (Å²) >= 11 is 3.44. The van der Waals surface area contributed by atoms with Gasteiger partial charge in [0.1, 0.15) is 0 Å². The zero-order valence-corrected chi connectivity index (χ0v) is 13.9. The number of anilines is 2. The smallest absolute Gasteiger partial charge is 0.253 e. The number of carbonyl (C=O) groups excluding carboxylic acids is 1. The first-order valence-corrected chi connectivity index (χ1v) is 7.54. The van der Waals surface area contributed by atoms with Gasteiger partial charge in [-0.25, -0.2) is 0 Å². The van der Waals surface area contributed by atoms with Crippen LogP contribution in [-0.4, -0.2) is 16.9 Å². The predicted octanol–water partition coefficient (Wildman–Crippen LogP) is 4.03. The number of hydrogen-bond acceptors (Lipinski definition) is 3. The summed E-state index contributed by atoms with van der Waals surface area (Å²) in [5, 5.41) is 6.14. The van der Waals surface area contributed by atoms with Crippen molar-refractivity contribution in [1.82, 2.24) is 10.3 Å². The first-order valence-electron chi connectivity index (χ1n) is 6.75. The summed E-state index contributed by atoms with van der Waals surface area (Å²) in [7, 11) is 0. The molecular weight excluding hydrogens is 330 g/mol. The largest absolute Gasteiger partial charge is 0.354 e. The number of benzene rings is 1. The molecule has 21 heavy (non-hydrogen) atoms. The number of nitrogens with zero attached hydrogens (tertiary/aromatic N) is 1. The van der Waals surface area contributed by atoms with Gasteiger partial charge < -0.3 is 10.6 Å². The maximum atomic E-state index is 12.0. The summed E-state index contributed by atoms with van der Waals surface area (Å²) in [6.07, 6.45) is 3.27. The van der Waals surface area contributed by atoms with Crippen LogP contribution < -0.4 is 10.6 Å². The van der Waals surface area contributed by atoms with Crippen LogP contribution in [0.1, 0.15) is 29.8 Å². The summed E-state index contributed by atoms with van der Waals surface area (Å²) in [5.41, 5.74) is 3.43. The molecular formula is C16H18BrN3O. The summed E-state index contributed by atoms with van der Waals surface area (Å²) in [6, 6.07) is 7.89. The lowest BCUT2D eigenvalue weighted by atomic mass is 10.2. The maximum absolute atomic E-state index is 12.0. The normalized spacial score (nSPS) is 10.5. The molecule has 5 heteroatoms. The average molecular weight is 348 g/mol. The van der Waals surface area contributed by atoms with Crippen molar-refractivity contribution in [3.63, 3.8) is 0 Å². The van der Waals surface area contributed by atoms with Gasteiger partial charge in [0, 0.05) is 22.4 Å². The van der Waals surface area contributed by atoms with Crippen molar-refractivity contribution in [3.8, 4) is 0 Å². The quantitative estimate of drug-likeness (QED) is 0.877. The SMILES string of the molecule is Cc1cc(Br)ccc1Nc1cncc(C(=O)NC(C)C)c1. The Hall–Kier alpha value is -1.88. The van der Waals surface area contributed by atoms with Gasteiger partial charge in [0.15, 0.2) is 0 Å². The van der Waals surface area contributed by atoms with Crippen LogP contribution >= 0.6 is 15.9 Å². The molecule has 0 aliphatic carbocycles. The first kappa shape index (κ1) is 15.5. The van der Waals surface area contributed by atoms with Crippen LogP contribution in [0.2, 0.25) is 0 Å². The van der Waals surface area contributed by atoms with Gasteiger partial charge in [0.05, 0.1) is 17.4 Å². The highest BCUT2D eigenvalue weighted by atomic mass is 79.9. The number of pyridine rings is 1. The van der Waals surface area contributed by atoms with Gasteiger partial charge in [-0.05, 0) is 50.6 Å². The van der Waals surface area contributed by atoms with Crippen LogP contribution in [0.3, 0.4) is 0 Å². The van der Waals surface area contributed by atoms with Crippen molar-refractivity contribution in [2.75, 3.05) is 5.32 Å². The summed E-state index contributed by atoms with van der Waals surface area (Å²) in [4.78, 5) is 16.1. The highest BCUT2D eigenvalue weighted by molar-refractivity contribution is 9.10. The Bertz CT molecular complexity index is 656. The van der Waals surface area contributed by atoms with Crippen LogP contribution in [0.25, 0.3) is 0 Å². The first-order chi connectivity index (χ1) is 9.95. The van der Waals surface area contributed by atoms with Crippen molar-refractivity contribution >= 4 is 33.2 Å². The van der Waals surface area contributed by atoms with E-state index < -0.39 is 0 Å². The fraction of sp³-hybridized carbons (Fsp3) is 0.250. The van der Waals surface area contributed by atoms with Gasteiger partial charge in [0.2, 0.25) is 0 Å². The third-order valence-electron chi connectivity index (χ3n) is 2.89. The molecule has 110 valence electrons. The molecule has 1 heterocycles. The highest BCUT2D eigenvalue weighted by Crippen LogP contribution is 2.23. The fourth-order valence-corrected chi connectivity index (χ4v) is 2.38. The predicted molar refractivity (Wildman–Crippen MR) is 89.0 cm³/mol. The molecule has 0 bridgehead atoms. The third-order valence-corrected chi connectivity index (χ3v) is 3.38. The summed E-state index contributed by atoms with van der Waals surface area (Å²) < 4.78 is 1.04. The van der Waals surface area contributed by atoms with Crippen LogP contribution in [0.4, 0.5) is 11.4 Å². The molecule has 0 radical (unpaired) electrons. The lowest BCUT2D eigenvalue weighted by Gasteiger charge is -2.12. The number of hydrogen-bond donors (Lipinski definition) is 2. The number of carbonyl (C=O) groups is 1. The minimum absolute atomic E-state index is 0.0998. The van der Waals surface area contributed by atoms with E-state index >= 15 is 0 Å². The van der Waals surface area contributed by atoms with Gasteiger partial charge in [-0.3, -0.25) is 9.78 Å². The Morgan fingerprint density at radius 1 is 1.24 bits per heavy atom. The van der Waals surface area contributed by atoms with Gasteiger partial charge in [0.25, 0.3) is 5.91 Å². The van der Waals surface area contributed by atoms with Crippen molar-refractivity contribution in [1.29, 1.82) is 0 Å². The average Bonchev–Trinajstić information content (AvgIpc) is 2.41. The Balaban J connectivity index is 2.19. The minimum Gasteiger partial charge on any atom is -0.354 e. The van der Waals surface area contributed by atoms with Crippen molar-refractivity contribution < 1.29 is 4.79 Å². The van der Waals surface area contributed by atoms with Crippen LogP contribution in [-0.2, 0) is 0 Å². The Morgan fingerprint density at radius 3 is 2.67 bits per heavy atom. The number of aromatic nitrogens is 1. The second-order valence-corrected chi connectivity index (χ2v) is 6.09. The molecule has 0 saturated carbocycles. The molecule has 1 aromatic heterocycles. The number of rotatable bonds is 4. The van der Waals surface area contributed by atoms with Crippen molar-refractivity contribution in [2.24, 2.45) is 0 Å². The summed E-state index contributed by atoms with van der Waals surface area (Å²) in [6.45, 7) is 5.88. The minimum atomic E-state index is -0.117. The Kier molecular flexibility index (Phi) is 4.96. The molecule has 1 amide bonds. The van der Waals surface area contributed by atoms with E-state index in [0.29, 0.717) is 5.56 Å². The molecule has 2 rings (SSSR count). The standard InChI is InChI=1S/C16H18BrN3O/c1-10(2)19-16(21)12-7-14(9-18-8-12)20-15-5-4-13(17)6-11(15)3/h4-10,20H,1-3H3,(H,19,21). The summed E-state index contributed by atoms with van der Waals surface area (Å²) in [5.74, 6) is -0.117. The second kappa shape index (κ2) is 6.72. The molecule has 0 aliphatic heterocycles. The number of nitrogens with one attached hydrogen (secondary N) is 2. The molecule has 0 fully saturated rings. The van der Waals surface area contributed by atoms with Crippen LogP contribution in [0, 0.1) is 6.92 Å². The number of halogens is 1. The Morgan fingerprint density at radius 2 is 2.00 bits per heavy atom. The van der Waals surface area contributed by atoms with Crippen molar-refractivity contribution in [3.05, 3.63) is 52.3 Å². The topological polar surface area (TPSA) is 54.0 Å². The number of aryl methyl sites for hydroxylation is 1. The van der Waals surface area contributed by atoms with E-state index in [1.165, 1.54) is 0 Å². The van der Waals surface area contributed by atoms with E-state index in [0.717, 1.165) is 21.4 Å². The molecule has 0 spiro atoms. The molecule has 2 N–H and O–H groups in total. The van der Waals surface area contributed by atoms with Gasteiger partial charge in [-0.2, -0.15) is 0 Å². The van der Waals surface area contributed by atoms with Gasteiger partial charge in [-0.15, -0.1) is 0 Å². The molecule has 0 aliphatic rings. The van der Waals surface area contributed by atoms with E-state index in [1.807, 2.05) is 39.0 Å². The molecule has 0 unspecified atom stereocenters. The Labute approximate surface area is 133 Å². The highest BCUT2D eigenvalue weighted by Gasteiger charge is 2.08. The zero-order chi connectivity index (χ0) is 15.4. The number of amides is 1. The van der Waals surface area contributed by atoms with E-state index in [-0.39, 0.29) is 11.9 Å². The second-order valence-electron chi connectivity index (χ2n) is 5.17. The lowest BCUT2D eigenvalue weighted by Crippen LogP contribution is -2.30. The maximum Gasteiger partial charge on any atom is 0.253 e. The van der Waals surface area contributed by atoms with E-state index in [4.69, 9.17) is 0 Å². The molecule has 0 saturated heterocycles. The van der Waals surface area contributed by atoms with Crippen LogP contribution in [0.5, 0.6) is 0 Å². The zero-order valence-electron chi connectivity index (χ0n) is 12.3. The molecule has 2 aromatic rings. The van der Waals surface area contributed by atoms with Gasteiger partial charge >= 0.3 is 0 Å². The molecule has 1 aromatic carbocycles. The van der Waals surface area contributed by atoms with E-state index in [1.54, 1.807) is 18.5 Å². The fourth-order valence-electron chi connectivity index (χ4n) is 1.90. The van der Waals surface area contributed by atoms with E-state index in [2.05, 4.69) is 31.5 Å². The third kappa shape index (κ3) is 4.29. The van der Waals surface area contributed by atoms with Crippen molar-refractivity contribution in [2.45, 2.75) is 26.8 Å². The lowest BCUT2D eigenvalue weighted by molar-refractivity contribution is 0.0943. The van der Waals surface area contributed by atoms with Gasteiger partial charge in [-0.1, -0.05) is 15.9 Å². The van der Waals surface area contributed by atoms with E-state index in [9.17, 15) is 4.79 Å². The molecule has 0 atom stereocenters. The monoisotopic (exact) mass is 347 g/mol. The molecule has 4 nitrogen and oxygen atoms in total. The van der Waals surface area contributed by atoms with Crippen LogP contribution in [0.15, 0.2) is 41.1 Å².